The third-order valence-electron chi connectivity index (χ3n) is 11.7. The van der Waals surface area contributed by atoms with Crippen LogP contribution in [-0.2, 0) is 16.0 Å². The monoisotopic (exact) mass is 710 g/mol. The second-order valence-corrected chi connectivity index (χ2v) is 15.1. The van der Waals surface area contributed by atoms with Crippen LogP contribution in [0.15, 0.2) is 66.0 Å². The molecule has 8 heteroatoms. The largest absolute Gasteiger partial charge is 0.504 e. The van der Waals surface area contributed by atoms with Crippen LogP contribution in [0.25, 0.3) is 0 Å². The minimum Gasteiger partial charge on any atom is -0.504 e. The van der Waals surface area contributed by atoms with Crippen molar-refractivity contribution < 1.29 is 29.6 Å². The van der Waals surface area contributed by atoms with Gasteiger partial charge in [-0.1, -0.05) is 87.8 Å². The van der Waals surface area contributed by atoms with Gasteiger partial charge in [-0.25, -0.2) is 0 Å². The van der Waals surface area contributed by atoms with Crippen LogP contribution in [0.1, 0.15) is 101 Å². The number of hydrogen-bond donors (Lipinski definition) is 5. The van der Waals surface area contributed by atoms with E-state index in [4.69, 9.17) is 10.5 Å². The molecule has 0 bridgehead atoms. The molecule has 2 aromatic carbocycles. The van der Waals surface area contributed by atoms with Gasteiger partial charge < -0.3 is 31.1 Å². The third kappa shape index (κ3) is 9.29. The van der Waals surface area contributed by atoms with Gasteiger partial charge in [0.25, 0.3) is 0 Å². The van der Waals surface area contributed by atoms with Gasteiger partial charge in [-0.2, -0.15) is 0 Å². The Kier molecular flexibility index (Phi) is 14.0. The third-order valence-corrected chi connectivity index (χ3v) is 11.7. The fourth-order valence-corrected chi connectivity index (χ4v) is 9.10. The number of aliphatic hydroxyl groups excluding tert-OH is 2. The highest BCUT2D eigenvalue weighted by Crippen LogP contribution is 2.49. The number of phenolic OH excluding ortho intramolecular Hbond substituents is 1. The number of aromatic hydroxyl groups is 1. The minimum absolute atomic E-state index is 0.0152. The molecule has 8 atom stereocenters. The number of aliphatic hydroxyl groups is 2. The van der Waals surface area contributed by atoms with E-state index in [1.165, 1.54) is 7.11 Å². The number of dihydropyridines is 1. The maximum absolute atomic E-state index is 14.8. The Morgan fingerprint density at radius 3 is 2.52 bits per heavy atom. The van der Waals surface area contributed by atoms with Crippen LogP contribution >= 0.6 is 0 Å². The first-order valence-corrected chi connectivity index (χ1v) is 19.4. The molecule has 52 heavy (non-hydrogen) atoms. The van der Waals surface area contributed by atoms with Crippen molar-refractivity contribution in [3.05, 3.63) is 82.7 Å². The Morgan fingerprint density at radius 2 is 1.83 bits per heavy atom. The number of nitrogens with two attached hydrogens (primary N) is 1. The molecule has 1 heterocycles. The Hall–Kier alpha value is -4.06. The molecule has 2 aromatic rings. The van der Waals surface area contributed by atoms with Gasteiger partial charge in [0.1, 0.15) is 0 Å². The number of Topliss-reactive ketones (excluding diaryl/α,β-unsaturated/α-hetero) is 2. The molecule has 5 rings (SSSR count). The number of phenols is 1. The average Bonchev–Trinajstić information content (AvgIpc) is 3.29. The van der Waals surface area contributed by atoms with E-state index < -0.39 is 35.4 Å². The van der Waals surface area contributed by atoms with Gasteiger partial charge in [-0.05, 0) is 103 Å². The SMILES string of the molecule is CCCCC[C@@H]1[C@H]([C@H](CO)CCC)C[C@@H](CC2=CCNC(N)=C2)C[C@H]2C#C[C@@H](c3ccccc3)c3cc(O)c(OC)cc3CCC(=O)[C@@H](O)C(=O)[C@@H]12. The highest BCUT2D eigenvalue weighted by atomic mass is 16.5. The van der Waals surface area contributed by atoms with E-state index in [9.17, 15) is 24.9 Å². The molecule has 0 aromatic heterocycles. The summed E-state index contributed by atoms with van der Waals surface area (Å²) in [6.07, 6.45) is 10.2. The summed E-state index contributed by atoms with van der Waals surface area (Å²) in [6, 6.07) is 13.3. The molecular weight excluding hydrogens is 652 g/mol. The highest BCUT2D eigenvalue weighted by molar-refractivity contribution is 6.06. The summed E-state index contributed by atoms with van der Waals surface area (Å²) >= 11 is 0. The summed E-state index contributed by atoms with van der Waals surface area (Å²) in [4.78, 5) is 28.6. The number of nitrogens with one attached hydrogen (secondary N) is 1. The molecule has 6 N–H and O–H groups in total. The smallest absolute Gasteiger partial charge is 0.173 e. The Morgan fingerprint density at radius 1 is 1.04 bits per heavy atom. The van der Waals surface area contributed by atoms with E-state index >= 15 is 0 Å². The average molecular weight is 711 g/mol. The molecule has 1 saturated carbocycles. The summed E-state index contributed by atoms with van der Waals surface area (Å²) < 4.78 is 5.45. The number of benzene rings is 2. The zero-order chi connectivity index (χ0) is 37.2. The number of methoxy groups -OCH3 is 1. The number of aryl methyl sites for hydroxylation is 1. The van der Waals surface area contributed by atoms with Crippen molar-refractivity contribution in [2.24, 2.45) is 41.2 Å². The lowest BCUT2D eigenvalue weighted by Crippen LogP contribution is -2.44. The van der Waals surface area contributed by atoms with E-state index in [0.29, 0.717) is 18.8 Å². The second kappa shape index (κ2) is 18.6. The Balaban J connectivity index is 1.73. The van der Waals surface area contributed by atoms with Gasteiger partial charge in [0.05, 0.1) is 18.8 Å². The normalized spacial score (nSPS) is 27.1. The predicted octanol–water partition coefficient (Wildman–Crippen LogP) is 6.56. The number of hydrogen-bond acceptors (Lipinski definition) is 8. The van der Waals surface area contributed by atoms with Crippen LogP contribution in [0.5, 0.6) is 11.5 Å². The van der Waals surface area contributed by atoms with E-state index in [1.807, 2.05) is 36.4 Å². The van der Waals surface area contributed by atoms with Crippen molar-refractivity contribution >= 4 is 11.6 Å². The maximum Gasteiger partial charge on any atom is 0.173 e. The summed E-state index contributed by atoms with van der Waals surface area (Å²) in [5.74, 6) is 5.64. The van der Waals surface area contributed by atoms with E-state index in [1.54, 1.807) is 12.1 Å². The fourth-order valence-electron chi connectivity index (χ4n) is 9.10. The fraction of sp³-hybridized carbons (Fsp3) is 0.545. The molecule has 1 fully saturated rings. The topological polar surface area (TPSA) is 142 Å². The number of carbonyl (C=O) groups is 2. The molecule has 0 spiro atoms. The van der Waals surface area contributed by atoms with Gasteiger partial charge in [0.15, 0.2) is 29.2 Å². The number of fused-ring (bicyclic) bond motifs is 2. The summed E-state index contributed by atoms with van der Waals surface area (Å²) in [6.45, 7) is 4.96. The first-order valence-electron chi connectivity index (χ1n) is 19.4. The first kappa shape index (κ1) is 39.2. The summed E-state index contributed by atoms with van der Waals surface area (Å²) in [5, 5.41) is 36.6. The number of carbonyl (C=O) groups excluding carboxylic acids is 2. The lowest BCUT2D eigenvalue weighted by atomic mass is 9.66. The van der Waals surface area contributed by atoms with Crippen LogP contribution in [0, 0.1) is 47.3 Å². The first-order chi connectivity index (χ1) is 25.2. The van der Waals surface area contributed by atoms with Crippen LogP contribution in [-0.4, -0.2) is 53.3 Å². The number of allylic oxidation sites excluding steroid dienone is 2. The predicted molar refractivity (Wildman–Crippen MR) is 204 cm³/mol. The Bertz CT molecular complexity index is 1660. The molecule has 0 radical (unpaired) electrons. The lowest BCUT2D eigenvalue weighted by molar-refractivity contribution is -0.144. The molecule has 2 aliphatic carbocycles. The van der Waals surface area contributed by atoms with Gasteiger partial charge >= 0.3 is 0 Å². The minimum atomic E-state index is -1.76. The van der Waals surface area contributed by atoms with Crippen molar-refractivity contribution in [2.75, 3.05) is 20.3 Å². The van der Waals surface area contributed by atoms with Gasteiger partial charge in [0, 0.05) is 31.4 Å². The molecule has 0 amide bonds. The number of unbranched alkanes of at least 4 members (excludes halogenated alkanes) is 2. The van der Waals surface area contributed by atoms with E-state index in [2.05, 4.69) is 37.1 Å². The van der Waals surface area contributed by atoms with Crippen LogP contribution < -0.4 is 15.8 Å². The zero-order valence-electron chi connectivity index (χ0n) is 31.2. The molecule has 8 nitrogen and oxygen atoms in total. The van der Waals surface area contributed by atoms with Crippen LogP contribution in [0.4, 0.5) is 0 Å². The Labute approximate surface area is 309 Å². The quantitative estimate of drug-likeness (QED) is 0.0947. The molecule has 0 saturated heterocycles. The van der Waals surface area contributed by atoms with Crippen molar-refractivity contribution in [3.63, 3.8) is 0 Å². The molecular formula is C44H58N2O6. The van der Waals surface area contributed by atoms with Crippen LogP contribution in [0.2, 0.25) is 0 Å². The molecule has 1 aliphatic heterocycles. The van der Waals surface area contributed by atoms with Crippen LogP contribution in [0.3, 0.4) is 0 Å². The molecule has 0 unspecified atom stereocenters. The van der Waals surface area contributed by atoms with Gasteiger partial charge in [-0.3, -0.25) is 9.59 Å². The number of rotatable bonds is 12. The lowest BCUT2D eigenvalue weighted by Gasteiger charge is -2.38. The van der Waals surface area contributed by atoms with E-state index in [-0.39, 0.29) is 54.6 Å². The summed E-state index contributed by atoms with van der Waals surface area (Å²) in [7, 11) is 1.48. The van der Waals surface area contributed by atoms with E-state index in [0.717, 1.165) is 73.6 Å². The molecule has 280 valence electrons. The van der Waals surface area contributed by atoms with Crippen molar-refractivity contribution in [1.29, 1.82) is 0 Å². The number of ether oxygens (including phenoxy) is 1. The maximum atomic E-state index is 14.8. The van der Waals surface area contributed by atoms with Gasteiger partial charge in [-0.15, -0.1) is 0 Å². The number of ketones is 2. The summed E-state index contributed by atoms with van der Waals surface area (Å²) in [5.41, 5.74) is 9.82. The zero-order valence-corrected chi connectivity index (χ0v) is 31.2. The van der Waals surface area contributed by atoms with Crippen molar-refractivity contribution in [2.45, 2.75) is 96.5 Å². The standard InChI is InChI=1S/C44H58N2O6/c1-4-6-8-14-35-36(33(27-47)11-5-2)23-29(21-28-19-20-46-41(45)24-28)22-32-15-17-34(30-12-9-7-10-13-30)37-26-39(49)40(52-3)25-31(37)16-18-38(48)43(50)44(51)42(32)35/h7,9-10,12-13,19,24-26,29,32-36,42-43,46-47,49-50H,4-6,8,11,14,16,18,20-23,27,45H2,1-3H3/t29-,32+,33-,34-,35+,36-,42+,43+/m0/s1. The van der Waals surface area contributed by atoms with Gasteiger partial charge in [0.2, 0.25) is 0 Å². The molecule has 3 aliphatic rings. The second-order valence-electron chi connectivity index (χ2n) is 15.1. The highest BCUT2D eigenvalue weighted by Gasteiger charge is 2.47. The van der Waals surface area contributed by atoms with Crippen molar-refractivity contribution in [1.82, 2.24) is 5.32 Å². The van der Waals surface area contributed by atoms with Crippen molar-refractivity contribution in [3.8, 4) is 23.3 Å².